The van der Waals surface area contributed by atoms with Gasteiger partial charge in [-0.3, -0.25) is 4.79 Å². The van der Waals surface area contributed by atoms with Crippen molar-refractivity contribution < 1.29 is 4.79 Å². The van der Waals surface area contributed by atoms with E-state index in [4.69, 9.17) is 5.73 Å². The van der Waals surface area contributed by atoms with Crippen LogP contribution in [0.25, 0.3) is 0 Å². The van der Waals surface area contributed by atoms with Crippen molar-refractivity contribution >= 4 is 30.7 Å². The normalized spacial score (nSPS) is 17.5. The van der Waals surface area contributed by atoms with E-state index in [9.17, 15) is 4.79 Å². The first-order chi connectivity index (χ1) is 9.88. The second kappa shape index (κ2) is 13.3. The predicted octanol–water partition coefficient (Wildman–Crippen LogP) is 3.08. The standard InChI is InChI=1S/C17H35N3O.2ClH/c1-13(2)5-8-20-9-6-15(7-10-20)12-19-17(21)16(18)11-14(3)4;;/h13-16H,5-12,18H2,1-4H3,(H,19,21);2*1H/t16-;;/m0../s1. The first-order valence-corrected chi connectivity index (χ1v) is 8.64. The third kappa shape index (κ3) is 11.2. The van der Waals surface area contributed by atoms with Gasteiger partial charge in [-0.05, 0) is 63.1 Å². The molecule has 6 heteroatoms. The Morgan fingerprint density at radius 3 is 2.17 bits per heavy atom. The third-order valence-electron chi connectivity index (χ3n) is 4.36. The molecule has 0 aromatic rings. The van der Waals surface area contributed by atoms with E-state index in [1.54, 1.807) is 0 Å². The molecule has 0 radical (unpaired) electrons. The molecule has 0 aromatic carbocycles. The molecule has 1 aliphatic heterocycles. The molecule has 0 unspecified atom stereocenters. The molecule has 140 valence electrons. The minimum Gasteiger partial charge on any atom is -0.354 e. The predicted molar refractivity (Wildman–Crippen MR) is 104 cm³/mol. The van der Waals surface area contributed by atoms with Crippen LogP contribution in [0.4, 0.5) is 0 Å². The number of rotatable bonds is 8. The zero-order valence-corrected chi connectivity index (χ0v) is 16.8. The summed E-state index contributed by atoms with van der Waals surface area (Å²) in [5, 5.41) is 3.04. The van der Waals surface area contributed by atoms with Crippen LogP contribution in [-0.4, -0.2) is 43.0 Å². The average molecular weight is 370 g/mol. The van der Waals surface area contributed by atoms with Crippen molar-refractivity contribution in [2.45, 2.75) is 59.4 Å². The van der Waals surface area contributed by atoms with E-state index < -0.39 is 0 Å². The highest BCUT2D eigenvalue weighted by Crippen LogP contribution is 2.17. The van der Waals surface area contributed by atoms with E-state index in [1.165, 1.54) is 38.9 Å². The highest BCUT2D eigenvalue weighted by molar-refractivity contribution is 5.85. The van der Waals surface area contributed by atoms with E-state index in [2.05, 4.69) is 37.9 Å². The number of hydrogen-bond donors (Lipinski definition) is 2. The number of nitrogens with zero attached hydrogens (tertiary/aromatic N) is 1. The van der Waals surface area contributed by atoms with E-state index in [0.717, 1.165) is 18.9 Å². The molecular weight excluding hydrogens is 333 g/mol. The van der Waals surface area contributed by atoms with Crippen molar-refractivity contribution in [3.8, 4) is 0 Å². The Bertz CT molecular complexity index is 306. The molecule has 1 saturated heterocycles. The van der Waals surface area contributed by atoms with Gasteiger partial charge in [-0.1, -0.05) is 27.7 Å². The van der Waals surface area contributed by atoms with Gasteiger partial charge in [-0.15, -0.1) is 24.8 Å². The summed E-state index contributed by atoms with van der Waals surface area (Å²) in [7, 11) is 0. The Labute approximate surface area is 155 Å². The molecule has 1 atom stereocenters. The molecule has 0 saturated carbocycles. The lowest BCUT2D eigenvalue weighted by molar-refractivity contribution is -0.122. The molecule has 4 nitrogen and oxygen atoms in total. The lowest BCUT2D eigenvalue weighted by Gasteiger charge is -2.32. The van der Waals surface area contributed by atoms with Crippen LogP contribution >= 0.6 is 24.8 Å². The van der Waals surface area contributed by atoms with Crippen LogP contribution in [0.15, 0.2) is 0 Å². The summed E-state index contributed by atoms with van der Waals surface area (Å²) < 4.78 is 0. The number of nitrogens with one attached hydrogen (secondary N) is 1. The highest BCUT2D eigenvalue weighted by Gasteiger charge is 2.21. The number of likely N-dealkylation sites (tertiary alicyclic amines) is 1. The van der Waals surface area contributed by atoms with Crippen LogP contribution < -0.4 is 11.1 Å². The molecule has 0 bridgehead atoms. The van der Waals surface area contributed by atoms with Crippen molar-refractivity contribution in [1.82, 2.24) is 10.2 Å². The first-order valence-electron chi connectivity index (χ1n) is 8.64. The number of halogens is 2. The molecule has 0 spiro atoms. The monoisotopic (exact) mass is 369 g/mol. The smallest absolute Gasteiger partial charge is 0.236 e. The number of nitrogens with two attached hydrogens (primary N) is 1. The first kappa shape index (κ1) is 25.2. The molecule has 1 heterocycles. The zero-order valence-electron chi connectivity index (χ0n) is 15.2. The van der Waals surface area contributed by atoms with Crippen LogP contribution in [0.5, 0.6) is 0 Å². The van der Waals surface area contributed by atoms with Crippen molar-refractivity contribution in [1.29, 1.82) is 0 Å². The molecule has 0 aliphatic carbocycles. The van der Waals surface area contributed by atoms with Crippen LogP contribution in [0.1, 0.15) is 53.4 Å². The van der Waals surface area contributed by atoms with Crippen LogP contribution in [0, 0.1) is 17.8 Å². The largest absolute Gasteiger partial charge is 0.354 e. The minimum atomic E-state index is -0.351. The van der Waals surface area contributed by atoms with E-state index in [0.29, 0.717) is 11.8 Å². The molecule has 1 fully saturated rings. The molecule has 1 rings (SSSR count). The Kier molecular flexibility index (Phi) is 14.6. The molecular formula is C17H37Cl2N3O. The topological polar surface area (TPSA) is 58.4 Å². The maximum atomic E-state index is 11.9. The lowest BCUT2D eigenvalue weighted by Crippen LogP contribution is -2.45. The maximum absolute atomic E-state index is 11.9. The van der Waals surface area contributed by atoms with E-state index in [1.807, 2.05) is 0 Å². The summed E-state index contributed by atoms with van der Waals surface area (Å²) in [6, 6.07) is -0.351. The van der Waals surface area contributed by atoms with Gasteiger partial charge in [0.1, 0.15) is 0 Å². The Morgan fingerprint density at radius 1 is 1.13 bits per heavy atom. The fourth-order valence-electron chi connectivity index (χ4n) is 2.85. The summed E-state index contributed by atoms with van der Waals surface area (Å²) in [5.74, 6) is 1.89. The fourth-order valence-corrected chi connectivity index (χ4v) is 2.85. The van der Waals surface area contributed by atoms with Crippen LogP contribution in [-0.2, 0) is 4.79 Å². The Balaban J connectivity index is 0. The van der Waals surface area contributed by atoms with E-state index in [-0.39, 0.29) is 36.8 Å². The van der Waals surface area contributed by atoms with Gasteiger partial charge in [0.25, 0.3) is 0 Å². The quantitative estimate of drug-likeness (QED) is 0.690. The lowest BCUT2D eigenvalue weighted by atomic mass is 9.96. The van der Waals surface area contributed by atoms with Crippen molar-refractivity contribution in [2.75, 3.05) is 26.2 Å². The van der Waals surface area contributed by atoms with Crippen molar-refractivity contribution in [3.63, 3.8) is 0 Å². The Hall–Kier alpha value is -0.0300. The Morgan fingerprint density at radius 2 is 1.70 bits per heavy atom. The summed E-state index contributed by atoms with van der Waals surface area (Å²) >= 11 is 0. The summed E-state index contributed by atoms with van der Waals surface area (Å²) in [6.07, 6.45) is 4.43. The van der Waals surface area contributed by atoms with Gasteiger partial charge >= 0.3 is 0 Å². The number of carbonyl (C=O) groups is 1. The van der Waals surface area contributed by atoms with Gasteiger partial charge in [0.2, 0.25) is 5.91 Å². The SMILES string of the molecule is CC(C)CCN1CCC(CNC(=O)[C@@H](N)CC(C)C)CC1.Cl.Cl. The number of hydrogen-bond acceptors (Lipinski definition) is 3. The van der Waals surface area contributed by atoms with Gasteiger partial charge in [0.05, 0.1) is 6.04 Å². The van der Waals surface area contributed by atoms with Crippen molar-refractivity contribution in [3.05, 3.63) is 0 Å². The molecule has 1 amide bonds. The molecule has 23 heavy (non-hydrogen) atoms. The summed E-state index contributed by atoms with van der Waals surface area (Å²) in [5.41, 5.74) is 5.90. The van der Waals surface area contributed by atoms with Crippen LogP contribution in [0.3, 0.4) is 0 Å². The highest BCUT2D eigenvalue weighted by atomic mass is 35.5. The zero-order chi connectivity index (χ0) is 15.8. The van der Waals surface area contributed by atoms with Gasteiger partial charge in [-0.2, -0.15) is 0 Å². The molecule has 3 N–H and O–H groups in total. The van der Waals surface area contributed by atoms with Crippen molar-refractivity contribution in [2.24, 2.45) is 23.5 Å². The number of amides is 1. The molecule has 0 aromatic heterocycles. The maximum Gasteiger partial charge on any atom is 0.236 e. The summed E-state index contributed by atoms with van der Waals surface area (Å²) in [6.45, 7) is 13.1. The average Bonchev–Trinajstić information content (AvgIpc) is 2.42. The van der Waals surface area contributed by atoms with Crippen LogP contribution in [0.2, 0.25) is 0 Å². The van der Waals surface area contributed by atoms with Gasteiger partial charge in [0, 0.05) is 6.54 Å². The van der Waals surface area contributed by atoms with Gasteiger partial charge in [0.15, 0.2) is 0 Å². The van der Waals surface area contributed by atoms with E-state index >= 15 is 0 Å². The third-order valence-corrected chi connectivity index (χ3v) is 4.36. The molecule has 1 aliphatic rings. The fraction of sp³-hybridized carbons (Fsp3) is 0.941. The minimum absolute atomic E-state index is 0. The van der Waals surface area contributed by atoms with Gasteiger partial charge in [-0.25, -0.2) is 0 Å². The number of carbonyl (C=O) groups excluding carboxylic acids is 1. The number of piperidine rings is 1. The second-order valence-corrected chi connectivity index (χ2v) is 7.45. The summed E-state index contributed by atoms with van der Waals surface area (Å²) in [4.78, 5) is 14.5. The van der Waals surface area contributed by atoms with Gasteiger partial charge < -0.3 is 16.0 Å². The second-order valence-electron chi connectivity index (χ2n) is 7.45.